The van der Waals surface area contributed by atoms with Crippen LogP contribution in [0.15, 0.2) is 6.07 Å². The second kappa shape index (κ2) is 6.73. The minimum atomic E-state index is 0.708. The lowest BCUT2D eigenvalue weighted by Crippen LogP contribution is -2.28. The average Bonchev–Trinajstić information content (AvgIpc) is 3.21. The third kappa shape index (κ3) is 4.08. The number of rotatable bonds is 8. The molecule has 0 radical (unpaired) electrons. The van der Waals surface area contributed by atoms with E-state index in [4.69, 9.17) is 0 Å². The van der Waals surface area contributed by atoms with Gasteiger partial charge >= 0.3 is 0 Å². The summed E-state index contributed by atoms with van der Waals surface area (Å²) in [6, 6.07) is 2.82. The Morgan fingerprint density at radius 2 is 2.05 bits per heavy atom. The van der Waals surface area contributed by atoms with Crippen molar-refractivity contribution >= 4 is 11.8 Å². The molecule has 2 rings (SSSR count). The minimum Gasteiger partial charge on any atom is -0.354 e. The smallest absolute Gasteiger partial charge is 0.224 e. The van der Waals surface area contributed by atoms with Gasteiger partial charge in [-0.3, -0.25) is 0 Å². The maximum atomic E-state index is 4.69. The molecule has 1 fully saturated rings. The van der Waals surface area contributed by atoms with Gasteiger partial charge in [0.15, 0.2) is 0 Å². The topological polar surface area (TPSA) is 41.1 Å². The molecule has 0 amide bonds. The molecular weight excluding hydrogens is 236 g/mol. The van der Waals surface area contributed by atoms with Gasteiger partial charge < -0.3 is 10.2 Å². The third-order valence-electron chi connectivity index (χ3n) is 3.41. The van der Waals surface area contributed by atoms with E-state index in [0.29, 0.717) is 6.04 Å². The van der Waals surface area contributed by atoms with Crippen LogP contribution in [0.3, 0.4) is 0 Å². The molecule has 0 aliphatic heterocycles. The van der Waals surface area contributed by atoms with E-state index in [9.17, 15) is 0 Å². The first-order valence-corrected chi connectivity index (χ1v) is 7.60. The third-order valence-corrected chi connectivity index (χ3v) is 3.41. The van der Waals surface area contributed by atoms with E-state index in [1.807, 2.05) is 6.92 Å². The minimum absolute atomic E-state index is 0.708. The maximum Gasteiger partial charge on any atom is 0.224 e. The molecule has 19 heavy (non-hydrogen) atoms. The van der Waals surface area contributed by atoms with Crippen molar-refractivity contribution in [3.63, 3.8) is 0 Å². The summed E-state index contributed by atoms with van der Waals surface area (Å²) in [5.74, 6) is 1.88. The Morgan fingerprint density at radius 3 is 2.68 bits per heavy atom. The first-order chi connectivity index (χ1) is 9.24. The molecule has 1 N–H and O–H groups in total. The normalized spacial score (nSPS) is 14.5. The summed E-state index contributed by atoms with van der Waals surface area (Å²) < 4.78 is 0. The maximum absolute atomic E-state index is 4.69. The largest absolute Gasteiger partial charge is 0.354 e. The quantitative estimate of drug-likeness (QED) is 0.780. The van der Waals surface area contributed by atoms with Crippen LogP contribution < -0.4 is 10.2 Å². The van der Waals surface area contributed by atoms with Crippen LogP contribution in [0.25, 0.3) is 0 Å². The Hall–Kier alpha value is -1.32. The van der Waals surface area contributed by atoms with Crippen LogP contribution in [0.4, 0.5) is 11.8 Å². The van der Waals surface area contributed by atoms with E-state index in [1.54, 1.807) is 0 Å². The summed E-state index contributed by atoms with van der Waals surface area (Å²) >= 11 is 0. The molecule has 0 unspecified atom stereocenters. The number of anilines is 2. The lowest BCUT2D eigenvalue weighted by atomic mass is 10.3. The number of hydrogen-bond donors (Lipinski definition) is 1. The van der Waals surface area contributed by atoms with Crippen LogP contribution in [0.5, 0.6) is 0 Å². The van der Waals surface area contributed by atoms with Crippen LogP contribution in [-0.4, -0.2) is 29.1 Å². The number of nitrogens with one attached hydrogen (secondary N) is 1. The second-order valence-corrected chi connectivity index (χ2v) is 5.40. The van der Waals surface area contributed by atoms with Crippen molar-refractivity contribution in [1.29, 1.82) is 0 Å². The van der Waals surface area contributed by atoms with E-state index in [-0.39, 0.29) is 0 Å². The lowest BCUT2D eigenvalue weighted by Gasteiger charge is -2.24. The Balaban J connectivity index is 2.13. The first-order valence-electron chi connectivity index (χ1n) is 7.60. The fourth-order valence-corrected chi connectivity index (χ4v) is 2.21. The zero-order chi connectivity index (χ0) is 13.7. The Morgan fingerprint density at radius 1 is 1.26 bits per heavy atom. The molecule has 1 aromatic heterocycles. The molecule has 0 aromatic carbocycles. The Kier molecular flexibility index (Phi) is 5.00. The summed E-state index contributed by atoms with van der Waals surface area (Å²) in [6.45, 7) is 8.49. The predicted octanol–water partition coefficient (Wildman–Crippen LogP) is 3.38. The molecule has 0 spiro atoms. The van der Waals surface area contributed by atoms with Crippen molar-refractivity contribution in [2.45, 2.75) is 58.9 Å². The van der Waals surface area contributed by atoms with Crippen molar-refractivity contribution in [2.75, 3.05) is 23.3 Å². The monoisotopic (exact) mass is 262 g/mol. The molecule has 0 bridgehead atoms. The van der Waals surface area contributed by atoms with Crippen molar-refractivity contribution < 1.29 is 0 Å². The predicted molar refractivity (Wildman–Crippen MR) is 80.8 cm³/mol. The number of aryl methyl sites for hydroxylation is 1. The molecule has 4 nitrogen and oxygen atoms in total. The van der Waals surface area contributed by atoms with Gasteiger partial charge in [0.05, 0.1) is 0 Å². The Bertz CT molecular complexity index is 401. The highest BCUT2D eigenvalue weighted by molar-refractivity contribution is 5.46. The molecule has 1 aliphatic rings. The van der Waals surface area contributed by atoms with Gasteiger partial charge in [-0.15, -0.1) is 0 Å². The van der Waals surface area contributed by atoms with Gasteiger partial charge in [-0.1, -0.05) is 20.3 Å². The zero-order valence-electron chi connectivity index (χ0n) is 12.4. The standard InChI is InChI=1S/C15H26N4/c1-4-6-10-19(13-7-8-13)14-11-12(3)17-15(18-14)16-9-5-2/h11,13H,4-10H2,1-3H3,(H,16,17,18). The zero-order valence-corrected chi connectivity index (χ0v) is 12.4. The highest BCUT2D eigenvalue weighted by Gasteiger charge is 2.29. The van der Waals surface area contributed by atoms with E-state index in [1.165, 1.54) is 25.7 Å². The average molecular weight is 262 g/mol. The second-order valence-electron chi connectivity index (χ2n) is 5.40. The van der Waals surface area contributed by atoms with Crippen LogP contribution in [0.2, 0.25) is 0 Å². The number of unbranched alkanes of at least 4 members (excludes halogenated alkanes) is 1. The summed E-state index contributed by atoms with van der Waals surface area (Å²) in [5, 5.41) is 3.30. The van der Waals surface area contributed by atoms with Crippen LogP contribution in [0, 0.1) is 6.92 Å². The van der Waals surface area contributed by atoms with Gasteiger partial charge in [-0.05, 0) is 32.6 Å². The van der Waals surface area contributed by atoms with Gasteiger partial charge in [0.25, 0.3) is 0 Å². The molecule has 0 saturated heterocycles. The fourth-order valence-electron chi connectivity index (χ4n) is 2.21. The van der Waals surface area contributed by atoms with E-state index >= 15 is 0 Å². The molecule has 0 atom stereocenters. The number of nitrogens with zero attached hydrogens (tertiary/aromatic N) is 3. The molecule has 1 aliphatic carbocycles. The summed E-state index contributed by atoms with van der Waals surface area (Å²) in [4.78, 5) is 11.6. The number of aromatic nitrogens is 2. The van der Waals surface area contributed by atoms with Gasteiger partial charge in [-0.2, -0.15) is 4.98 Å². The summed E-state index contributed by atoms with van der Waals surface area (Å²) in [6.07, 6.45) is 6.18. The SMILES string of the molecule is CCCCN(c1cc(C)nc(NCCC)n1)C1CC1. The molecular formula is C15H26N4. The van der Waals surface area contributed by atoms with E-state index < -0.39 is 0 Å². The molecule has 1 heterocycles. The lowest BCUT2D eigenvalue weighted by molar-refractivity contribution is 0.703. The fraction of sp³-hybridized carbons (Fsp3) is 0.733. The highest BCUT2D eigenvalue weighted by Crippen LogP contribution is 2.31. The van der Waals surface area contributed by atoms with Crippen LogP contribution in [0.1, 0.15) is 51.6 Å². The van der Waals surface area contributed by atoms with Crippen molar-refractivity contribution in [2.24, 2.45) is 0 Å². The van der Waals surface area contributed by atoms with Crippen molar-refractivity contribution in [3.05, 3.63) is 11.8 Å². The number of hydrogen-bond acceptors (Lipinski definition) is 4. The van der Waals surface area contributed by atoms with E-state index in [0.717, 1.165) is 37.0 Å². The first kappa shape index (κ1) is 14.1. The van der Waals surface area contributed by atoms with Crippen molar-refractivity contribution in [3.8, 4) is 0 Å². The van der Waals surface area contributed by atoms with Crippen LogP contribution >= 0.6 is 0 Å². The molecule has 1 aromatic rings. The van der Waals surface area contributed by atoms with Crippen LogP contribution in [-0.2, 0) is 0 Å². The van der Waals surface area contributed by atoms with Gasteiger partial charge in [0, 0.05) is 30.9 Å². The van der Waals surface area contributed by atoms with Gasteiger partial charge in [0.1, 0.15) is 5.82 Å². The summed E-state index contributed by atoms with van der Waals surface area (Å²) in [7, 11) is 0. The molecule has 4 heteroatoms. The molecule has 106 valence electrons. The Labute approximate surface area is 116 Å². The summed E-state index contributed by atoms with van der Waals surface area (Å²) in [5.41, 5.74) is 1.05. The van der Waals surface area contributed by atoms with Gasteiger partial charge in [0.2, 0.25) is 5.95 Å². The van der Waals surface area contributed by atoms with Crippen molar-refractivity contribution in [1.82, 2.24) is 9.97 Å². The highest BCUT2D eigenvalue weighted by atomic mass is 15.3. The van der Waals surface area contributed by atoms with E-state index in [2.05, 4.69) is 40.1 Å². The van der Waals surface area contributed by atoms with Gasteiger partial charge in [-0.25, -0.2) is 4.98 Å². The molecule has 1 saturated carbocycles.